The maximum absolute atomic E-state index is 12.7. The predicted molar refractivity (Wildman–Crippen MR) is 149 cm³/mol. The van der Waals surface area contributed by atoms with Crippen LogP contribution in [-0.2, 0) is 4.79 Å². The van der Waals surface area contributed by atoms with Crippen LogP contribution in [-0.4, -0.2) is 53.9 Å². The maximum Gasteiger partial charge on any atom is 0.283 e. The third-order valence-corrected chi connectivity index (χ3v) is 7.06. The first-order valence-electron chi connectivity index (χ1n) is 11.7. The van der Waals surface area contributed by atoms with E-state index in [1.807, 2.05) is 45.0 Å². The lowest BCUT2D eigenvalue weighted by Gasteiger charge is -2.20. The summed E-state index contributed by atoms with van der Waals surface area (Å²) in [6, 6.07) is 11.0. The molecule has 0 atom stereocenters. The zero-order valence-corrected chi connectivity index (χ0v) is 23.3. The van der Waals surface area contributed by atoms with Gasteiger partial charge in [-0.2, -0.15) is 15.1 Å². The highest BCUT2D eigenvalue weighted by molar-refractivity contribution is 9.10. The van der Waals surface area contributed by atoms with E-state index >= 15 is 0 Å². The number of fused-ring (bicyclic) bond motifs is 1. The van der Waals surface area contributed by atoms with Crippen molar-refractivity contribution in [3.05, 3.63) is 52.0 Å². The topological polar surface area (TPSA) is 106 Å². The number of halogens is 1. The summed E-state index contributed by atoms with van der Waals surface area (Å²) in [4.78, 5) is 16.9. The molecule has 0 fully saturated rings. The molecule has 0 radical (unpaired) electrons. The SMILES string of the molecule is CCOc1cc(/C=C2/C(=N)N3N=C(C(C)C)SC3=NC2=O)cc(Br)c1OCCOc1ccccc1OC. The van der Waals surface area contributed by atoms with Gasteiger partial charge in [-0.15, -0.1) is 0 Å². The zero-order valence-electron chi connectivity index (χ0n) is 20.9. The summed E-state index contributed by atoms with van der Waals surface area (Å²) >= 11 is 4.87. The molecule has 9 nitrogen and oxygen atoms in total. The fourth-order valence-electron chi connectivity index (χ4n) is 3.51. The molecule has 37 heavy (non-hydrogen) atoms. The van der Waals surface area contributed by atoms with Gasteiger partial charge in [0.1, 0.15) is 18.3 Å². The predicted octanol–water partition coefficient (Wildman–Crippen LogP) is 5.59. The molecule has 194 valence electrons. The van der Waals surface area contributed by atoms with E-state index in [4.69, 9.17) is 24.4 Å². The van der Waals surface area contributed by atoms with E-state index < -0.39 is 5.91 Å². The van der Waals surface area contributed by atoms with Crippen molar-refractivity contribution in [2.24, 2.45) is 16.0 Å². The minimum atomic E-state index is -0.480. The molecule has 11 heteroatoms. The largest absolute Gasteiger partial charge is 0.493 e. The summed E-state index contributed by atoms with van der Waals surface area (Å²) in [6.07, 6.45) is 1.61. The number of carbonyl (C=O) groups is 1. The van der Waals surface area contributed by atoms with E-state index in [2.05, 4.69) is 26.0 Å². The van der Waals surface area contributed by atoms with Crippen LogP contribution in [0.25, 0.3) is 6.08 Å². The Morgan fingerprint density at radius 2 is 1.84 bits per heavy atom. The number of amides is 1. The normalized spacial score (nSPS) is 16.1. The van der Waals surface area contributed by atoms with Gasteiger partial charge in [-0.05, 0) is 70.5 Å². The van der Waals surface area contributed by atoms with Gasteiger partial charge in [-0.1, -0.05) is 26.0 Å². The minimum absolute atomic E-state index is 0.0129. The molecule has 0 saturated heterocycles. The summed E-state index contributed by atoms with van der Waals surface area (Å²) in [7, 11) is 1.59. The first-order chi connectivity index (χ1) is 17.8. The number of methoxy groups -OCH3 is 1. The van der Waals surface area contributed by atoms with Crippen LogP contribution in [0, 0.1) is 11.3 Å². The van der Waals surface area contributed by atoms with Crippen LogP contribution in [0.15, 0.2) is 56.5 Å². The zero-order chi connectivity index (χ0) is 26.5. The monoisotopic (exact) mass is 586 g/mol. The molecular weight excluding hydrogens is 560 g/mol. The molecule has 2 aromatic carbocycles. The second kappa shape index (κ2) is 11.8. The molecule has 1 amide bonds. The van der Waals surface area contributed by atoms with Crippen molar-refractivity contribution in [2.75, 3.05) is 26.9 Å². The lowest BCUT2D eigenvalue weighted by molar-refractivity contribution is -0.114. The molecule has 0 aromatic heterocycles. The van der Waals surface area contributed by atoms with Crippen molar-refractivity contribution in [3.8, 4) is 23.0 Å². The molecule has 2 aliphatic heterocycles. The number of hydrogen-bond acceptors (Lipinski definition) is 8. The van der Waals surface area contributed by atoms with Crippen LogP contribution in [0.4, 0.5) is 0 Å². The van der Waals surface area contributed by atoms with E-state index in [9.17, 15) is 4.79 Å². The fraction of sp³-hybridized carbons (Fsp3) is 0.308. The number of ether oxygens (including phenoxy) is 4. The van der Waals surface area contributed by atoms with E-state index in [-0.39, 0.29) is 23.9 Å². The number of benzene rings is 2. The Morgan fingerprint density at radius 1 is 1.11 bits per heavy atom. The fourth-order valence-corrected chi connectivity index (χ4v) is 4.98. The summed E-state index contributed by atoms with van der Waals surface area (Å²) in [5.41, 5.74) is 0.797. The van der Waals surface area contributed by atoms with Gasteiger partial charge in [0.2, 0.25) is 5.17 Å². The number of hydrazone groups is 1. The first kappa shape index (κ1) is 26.7. The van der Waals surface area contributed by atoms with E-state index in [1.165, 1.54) is 16.8 Å². The highest BCUT2D eigenvalue weighted by atomic mass is 79.9. The van der Waals surface area contributed by atoms with Gasteiger partial charge in [0.05, 0.1) is 23.8 Å². The van der Waals surface area contributed by atoms with E-state index in [0.717, 1.165) is 5.04 Å². The molecule has 2 aromatic rings. The molecule has 1 N–H and O–H groups in total. The Hall–Kier alpha value is -3.31. The van der Waals surface area contributed by atoms with Gasteiger partial charge in [-0.3, -0.25) is 10.2 Å². The smallest absolute Gasteiger partial charge is 0.283 e. The molecule has 2 aliphatic rings. The third-order valence-electron chi connectivity index (χ3n) is 5.26. The number of nitrogens with one attached hydrogen (secondary N) is 1. The summed E-state index contributed by atoms with van der Waals surface area (Å²) < 4.78 is 23.5. The van der Waals surface area contributed by atoms with E-state index in [1.54, 1.807) is 25.3 Å². The number of hydrogen-bond donors (Lipinski definition) is 1. The number of amidine groups is 2. The standard InChI is InChI=1S/C26H27BrN4O5S/c1-5-34-21-14-16(12-17-23(28)31-26(29-24(17)32)37-25(30-31)15(2)3)13-18(27)22(21)36-11-10-35-20-9-7-6-8-19(20)33-4/h6-9,12-15,28H,5,10-11H2,1-4H3/b17-12-,28-23?. The maximum atomic E-state index is 12.7. The van der Waals surface area contributed by atoms with Crippen molar-refractivity contribution < 1.29 is 23.7 Å². The van der Waals surface area contributed by atoms with Crippen LogP contribution in [0.3, 0.4) is 0 Å². The van der Waals surface area contributed by atoms with E-state index in [0.29, 0.717) is 51.4 Å². The number of carbonyl (C=O) groups excluding carboxylic acids is 1. The van der Waals surface area contributed by atoms with Crippen LogP contribution < -0.4 is 18.9 Å². The minimum Gasteiger partial charge on any atom is -0.493 e. The number of para-hydroxylation sites is 2. The third kappa shape index (κ3) is 5.99. The van der Waals surface area contributed by atoms with Crippen molar-refractivity contribution in [1.82, 2.24) is 5.01 Å². The highest BCUT2D eigenvalue weighted by Crippen LogP contribution is 2.38. The Bertz CT molecular complexity index is 1310. The first-order valence-corrected chi connectivity index (χ1v) is 13.3. The van der Waals surface area contributed by atoms with Gasteiger partial charge >= 0.3 is 0 Å². The molecule has 0 saturated carbocycles. The molecule has 0 aliphatic carbocycles. The average Bonchev–Trinajstić information content (AvgIpc) is 3.30. The average molecular weight is 587 g/mol. The lowest BCUT2D eigenvalue weighted by atomic mass is 10.1. The molecule has 0 bridgehead atoms. The van der Waals surface area contributed by atoms with Crippen LogP contribution in [0.1, 0.15) is 26.3 Å². The quantitative estimate of drug-likeness (QED) is 0.285. The van der Waals surface area contributed by atoms with Crippen LogP contribution in [0.5, 0.6) is 23.0 Å². The van der Waals surface area contributed by atoms with Gasteiger partial charge < -0.3 is 18.9 Å². The summed E-state index contributed by atoms with van der Waals surface area (Å²) in [5.74, 6) is 1.97. The van der Waals surface area contributed by atoms with Gasteiger partial charge in [0.25, 0.3) is 5.91 Å². The highest BCUT2D eigenvalue weighted by Gasteiger charge is 2.36. The number of aliphatic imine (C=N–C) groups is 1. The summed E-state index contributed by atoms with van der Waals surface area (Å²) in [5, 5.41) is 15.7. The van der Waals surface area contributed by atoms with Crippen molar-refractivity contribution in [3.63, 3.8) is 0 Å². The Balaban J connectivity index is 1.52. The van der Waals surface area contributed by atoms with Crippen LogP contribution in [0.2, 0.25) is 0 Å². The molecular formula is C26H27BrN4O5S. The van der Waals surface area contributed by atoms with Crippen molar-refractivity contribution in [2.45, 2.75) is 20.8 Å². The summed E-state index contributed by atoms with van der Waals surface area (Å²) in [6.45, 7) is 6.87. The Morgan fingerprint density at radius 3 is 2.54 bits per heavy atom. The number of rotatable bonds is 10. The van der Waals surface area contributed by atoms with Gasteiger partial charge in [0.15, 0.2) is 28.8 Å². The second-order valence-corrected chi connectivity index (χ2v) is 10.1. The lowest BCUT2D eigenvalue weighted by Crippen LogP contribution is -2.35. The molecule has 0 spiro atoms. The Kier molecular flexibility index (Phi) is 8.55. The Labute approximate surface area is 228 Å². The van der Waals surface area contributed by atoms with Gasteiger partial charge in [-0.25, -0.2) is 0 Å². The second-order valence-electron chi connectivity index (χ2n) is 8.22. The van der Waals surface area contributed by atoms with Gasteiger partial charge in [0, 0.05) is 5.92 Å². The number of nitrogens with zero attached hydrogens (tertiary/aromatic N) is 3. The van der Waals surface area contributed by atoms with Crippen molar-refractivity contribution in [1.29, 1.82) is 5.41 Å². The molecule has 2 heterocycles. The van der Waals surface area contributed by atoms with Crippen LogP contribution >= 0.6 is 27.7 Å². The molecule has 4 rings (SSSR count). The van der Waals surface area contributed by atoms with Crippen molar-refractivity contribution >= 4 is 55.7 Å². The molecule has 0 unspecified atom stereocenters. The number of thioether (sulfide) groups is 1.